The minimum atomic E-state index is -4.91. The lowest BCUT2D eigenvalue weighted by Crippen LogP contribution is -2.74. The predicted molar refractivity (Wildman–Crippen MR) is 138 cm³/mol. The van der Waals surface area contributed by atoms with Crippen LogP contribution in [0.5, 0.6) is 5.75 Å². The van der Waals surface area contributed by atoms with Gasteiger partial charge in [0.05, 0.1) is 23.1 Å². The second kappa shape index (κ2) is 10.3. The van der Waals surface area contributed by atoms with Crippen molar-refractivity contribution in [2.75, 3.05) is 20.6 Å². The predicted octanol–water partition coefficient (Wildman–Crippen LogP) is 1.12. The van der Waals surface area contributed by atoms with Crippen molar-refractivity contribution in [3.8, 4) is 5.75 Å². The molecule has 1 aromatic carbocycles. The van der Waals surface area contributed by atoms with Crippen molar-refractivity contribution in [3.05, 3.63) is 28.3 Å². The monoisotopic (exact) mass is 581 g/mol. The normalized spacial score (nSPS) is 30.1. The molecule has 0 spiro atoms. The standard InChI is InChI=1S/C28H34F3N3O7/c1-6-34(11(2)3)10-13-9-16(35)18-14(20(13)28(29,30)31)7-12-8-15-21(33(4)5)23(37)19(26(32)40)25(39)27(15,41)24(38)17(12)22(18)36/h9,11-12,15,17,19,21,35,41H,6-8,10H2,1-5H3,(H2,32,40)/t12-,15-,17?,19?,21-,27-/m0/s1. The lowest BCUT2D eigenvalue weighted by Gasteiger charge is -2.52. The highest BCUT2D eigenvalue weighted by Gasteiger charge is 2.69. The van der Waals surface area contributed by atoms with Crippen molar-refractivity contribution in [1.29, 1.82) is 0 Å². The number of phenols is 1. The number of hydrogen-bond donors (Lipinski definition) is 3. The summed E-state index contributed by atoms with van der Waals surface area (Å²) in [5, 5.41) is 22.4. The topological polar surface area (TPSA) is 158 Å². The van der Waals surface area contributed by atoms with Crippen molar-refractivity contribution in [2.24, 2.45) is 29.4 Å². The molecule has 1 aromatic rings. The van der Waals surface area contributed by atoms with Crippen LogP contribution in [-0.2, 0) is 38.3 Å². The number of likely N-dealkylation sites (N-methyl/N-ethyl adjacent to an activating group) is 1. The van der Waals surface area contributed by atoms with E-state index in [1.54, 1.807) is 11.8 Å². The zero-order valence-electron chi connectivity index (χ0n) is 23.4. The molecule has 4 N–H and O–H groups in total. The van der Waals surface area contributed by atoms with Gasteiger partial charge in [-0.25, -0.2) is 0 Å². The molecule has 3 aliphatic rings. The van der Waals surface area contributed by atoms with Crippen LogP contribution in [0, 0.1) is 23.7 Å². The maximum Gasteiger partial charge on any atom is 0.417 e. The summed E-state index contributed by atoms with van der Waals surface area (Å²) in [6.45, 7) is 5.67. The maximum absolute atomic E-state index is 14.6. The number of aromatic hydroxyl groups is 1. The van der Waals surface area contributed by atoms with Gasteiger partial charge in [0, 0.05) is 18.5 Å². The minimum absolute atomic E-state index is 0.118. The van der Waals surface area contributed by atoms with Crippen LogP contribution in [0.15, 0.2) is 6.07 Å². The van der Waals surface area contributed by atoms with Crippen molar-refractivity contribution < 1.29 is 47.4 Å². The number of carbonyl (C=O) groups excluding carboxylic acids is 5. The van der Waals surface area contributed by atoms with Crippen LogP contribution < -0.4 is 5.73 Å². The number of aliphatic hydroxyl groups is 1. The number of halogens is 3. The fourth-order valence-electron chi connectivity index (χ4n) is 7.10. The average molecular weight is 582 g/mol. The van der Waals surface area contributed by atoms with Gasteiger partial charge in [-0.15, -0.1) is 0 Å². The molecule has 41 heavy (non-hydrogen) atoms. The SMILES string of the molecule is CCN(Cc1cc(O)c2c(c1C(F)(F)F)C[C@H]1C[C@H]3[C@H](N(C)C)C(=O)C(C(N)=O)C(=O)[C@@]3(O)C(=O)C1C2=O)C(C)C. The van der Waals surface area contributed by atoms with E-state index in [9.17, 15) is 47.4 Å². The van der Waals surface area contributed by atoms with Gasteiger partial charge in [0.15, 0.2) is 34.7 Å². The average Bonchev–Trinajstić information content (AvgIpc) is 2.83. The fourth-order valence-corrected chi connectivity index (χ4v) is 7.10. The maximum atomic E-state index is 14.6. The molecule has 0 saturated heterocycles. The molecular formula is C28H34F3N3O7. The quantitative estimate of drug-likeness (QED) is 0.419. The highest BCUT2D eigenvalue weighted by Crippen LogP contribution is 2.52. The Bertz CT molecular complexity index is 1340. The molecule has 2 saturated carbocycles. The Hall–Kier alpha value is -3.16. The van der Waals surface area contributed by atoms with E-state index in [1.165, 1.54) is 19.0 Å². The van der Waals surface area contributed by atoms with Crippen LogP contribution in [0.4, 0.5) is 13.2 Å². The fraction of sp³-hybridized carbons (Fsp3) is 0.607. The zero-order valence-corrected chi connectivity index (χ0v) is 23.4. The van der Waals surface area contributed by atoms with Crippen molar-refractivity contribution in [3.63, 3.8) is 0 Å². The minimum Gasteiger partial charge on any atom is -0.507 e. The van der Waals surface area contributed by atoms with Gasteiger partial charge in [-0.3, -0.25) is 33.8 Å². The van der Waals surface area contributed by atoms with Gasteiger partial charge in [-0.05, 0) is 70.4 Å². The zero-order chi connectivity index (χ0) is 30.9. The number of alkyl halides is 3. The van der Waals surface area contributed by atoms with Crippen LogP contribution in [0.2, 0.25) is 0 Å². The van der Waals surface area contributed by atoms with E-state index in [1.807, 2.05) is 13.8 Å². The molecule has 0 aliphatic heterocycles. The Morgan fingerprint density at radius 3 is 2.27 bits per heavy atom. The van der Waals surface area contributed by atoms with Crippen molar-refractivity contribution >= 4 is 29.0 Å². The van der Waals surface area contributed by atoms with Gasteiger partial charge in [-0.1, -0.05) is 6.92 Å². The third kappa shape index (κ3) is 4.58. The number of nitrogens with two attached hydrogens (primary N) is 1. The molecule has 10 nitrogen and oxygen atoms in total. The Balaban J connectivity index is 1.90. The lowest BCUT2D eigenvalue weighted by molar-refractivity contribution is -0.181. The molecule has 3 aliphatic carbocycles. The van der Waals surface area contributed by atoms with Crippen LogP contribution in [0.25, 0.3) is 0 Å². The molecular weight excluding hydrogens is 547 g/mol. The van der Waals surface area contributed by atoms with Crippen molar-refractivity contribution in [2.45, 2.75) is 64.0 Å². The number of carbonyl (C=O) groups is 5. The summed E-state index contributed by atoms with van der Waals surface area (Å²) in [7, 11) is 2.85. The first kappa shape index (κ1) is 30.8. The van der Waals surface area contributed by atoms with E-state index in [-0.39, 0.29) is 24.6 Å². The van der Waals surface area contributed by atoms with Gasteiger partial charge in [0.1, 0.15) is 5.75 Å². The Morgan fingerprint density at radius 1 is 1.17 bits per heavy atom. The summed E-state index contributed by atoms with van der Waals surface area (Å²) in [4.78, 5) is 69.1. The summed E-state index contributed by atoms with van der Waals surface area (Å²) in [6, 6.07) is -0.583. The van der Waals surface area contributed by atoms with E-state index in [0.29, 0.717) is 6.54 Å². The number of fused-ring (bicyclic) bond motifs is 3. The van der Waals surface area contributed by atoms with Crippen LogP contribution in [0.1, 0.15) is 54.2 Å². The van der Waals surface area contributed by atoms with E-state index < -0.39 is 99.4 Å². The Labute approximate surface area is 234 Å². The summed E-state index contributed by atoms with van der Waals surface area (Å²) >= 11 is 0. The molecule has 4 rings (SSSR count). The van der Waals surface area contributed by atoms with E-state index in [0.717, 1.165) is 6.07 Å². The summed E-state index contributed by atoms with van der Waals surface area (Å²) in [6.07, 6.45) is -5.71. The number of ketones is 4. The summed E-state index contributed by atoms with van der Waals surface area (Å²) in [5.41, 5.74) is -0.102. The van der Waals surface area contributed by atoms with Crippen LogP contribution in [-0.4, -0.2) is 87.4 Å². The van der Waals surface area contributed by atoms with Gasteiger partial charge >= 0.3 is 6.18 Å². The molecule has 224 valence electrons. The summed E-state index contributed by atoms with van der Waals surface area (Å²) in [5.74, 6) is -13.4. The van der Waals surface area contributed by atoms with Crippen molar-refractivity contribution in [1.82, 2.24) is 9.80 Å². The number of benzene rings is 1. The number of rotatable bonds is 6. The second-order valence-corrected chi connectivity index (χ2v) is 11.7. The third-order valence-electron chi connectivity index (χ3n) is 8.94. The molecule has 6 atom stereocenters. The van der Waals surface area contributed by atoms with Gasteiger partial charge in [0.2, 0.25) is 5.91 Å². The van der Waals surface area contributed by atoms with Gasteiger partial charge in [0.25, 0.3) is 0 Å². The lowest BCUT2D eigenvalue weighted by atomic mass is 9.52. The summed E-state index contributed by atoms with van der Waals surface area (Å²) < 4.78 is 43.8. The highest BCUT2D eigenvalue weighted by atomic mass is 19.4. The number of primary amides is 1. The molecule has 0 heterocycles. The largest absolute Gasteiger partial charge is 0.507 e. The van der Waals surface area contributed by atoms with Gasteiger partial charge < -0.3 is 15.9 Å². The number of amides is 1. The first-order chi connectivity index (χ1) is 18.9. The van der Waals surface area contributed by atoms with E-state index in [4.69, 9.17) is 5.73 Å². The molecule has 0 radical (unpaired) electrons. The van der Waals surface area contributed by atoms with Crippen LogP contribution in [0.3, 0.4) is 0 Å². The first-order valence-corrected chi connectivity index (χ1v) is 13.4. The van der Waals surface area contributed by atoms with Gasteiger partial charge in [-0.2, -0.15) is 13.2 Å². The van der Waals surface area contributed by atoms with E-state index >= 15 is 0 Å². The number of nitrogens with zero attached hydrogens (tertiary/aromatic N) is 2. The number of hydrogen-bond acceptors (Lipinski definition) is 9. The third-order valence-corrected chi connectivity index (χ3v) is 8.94. The second-order valence-electron chi connectivity index (χ2n) is 11.7. The number of Topliss-reactive ketones (excluding diaryl/α,β-unsaturated/α-hetero) is 4. The Morgan fingerprint density at radius 2 is 1.78 bits per heavy atom. The number of phenolic OH excluding ortho intramolecular Hbond substituents is 1. The van der Waals surface area contributed by atoms with E-state index in [2.05, 4.69) is 0 Å². The highest BCUT2D eigenvalue weighted by molar-refractivity contribution is 6.32. The molecule has 2 unspecified atom stereocenters. The van der Waals surface area contributed by atoms with Crippen LogP contribution >= 0.6 is 0 Å². The Kier molecular flexibility index (Phi) is 7.72. The molecule has 0 aromatic heterocycles. The molecule has 1 amide bonds. The smallest absolute Gasteiger partial charge is 0.417 e. The molecule has 13 heteroatoms. The first-order valence-electron chi connectivity index (χ1n) is 13.4. The molecule has 0 bridgehead atoms. The molecule has 2 fully saturated rings.